The molecule has 0 saturated carbocycles. The predicted molar refractivity (Wildman–Crippen MR) is 70.2 cm³/mol. The largest absolute Gasteiger partial charge is 0.310 e. The molecule has 0 saturated heterocycles. The van der Waals surface area contributed by atoms with E-state index < -0.39 is 0 Å². The van der Waals surface area contributed by atoms with Crippen molar-refractivity contribution in [2.75, 3.05) is 11.0 Å². The van der Waals surface area contributed by atoms with Crippen LogP contribution in [0.25, 0.3) is 10.2 Å². The monoisotopic (exact) mass is 318 g/mol. The van der Waals surface area contributed by atoms with Crippen molar-refractivity contribution in [2.24, 2.45) is 0 Å². The van der Waals surface area contributed by atoms with Gasteiger partial charge in [-0.25, -0.2) is 4.98 Å². The SMILES string of the molecule is ICCNCc1nc2ccccc2s1. The number of alkyl halides is 1. The molecule has 0 amide bonds. The highest BCUT2D eigenvalue weighted by molar-refractivity contribution is 14.1. The molecule has 0 atom stereocenters. The predicted octanol–water partition coefficient (Wildman–Crippen LogP) is 2.82. The van der Waals surface area contributed by atoms with Crippen molar-refractivity contribution in [3.8, 4) is 0 Å². The molecular formula is C10H11IN2S. The van der Waals surface area contributed by atoms with Gasteiger partial charge in [-0.15, -0.1) is 11.3 Å². The molecule has 0 radical (unpaired) electrons. The van der Waals surface area contributed by atoms with Crippen LogP contribution < -0.4 is 5.32 Å². The zero-order valence-electron chi connectivity index (χ0n) is 7.66. The number of thiazole rings is 1. The summed E-state index contributed by atoms with van der Waals surface area (Å²) in [7, 11) is 0. The second kappa shape index (κ2) is 5.04. The van der Waals surface area contributed by atoms with Crippen LogP contribution in [0.4, 0.5) is 0 Å². The van der Waals surface area contributed by atoms with Gasteiger partial charge in [0.25, 0.3) is 0 Å². The molecule has 0 aliphatic heterocycles. The number of rotatable bonds is 4. The van der Waals surface area contributed by atoms with Crippen LogP contribution in [0.5, 0.6) is 0 Å². The summed E-state index contributed by atoms with van der Waals surface area (Å²) in [5.41, 5.74) is 1.11. The Morgan fingerprint density at radius 2 is 2.21 bits per heavy atom. The first-order valence-corrected chi connectivity index (χ1v) is 6.85. The summed E-state index contributed by atoms with van der Waals surface area (Å²) >= 11 is 4.14. The number of nitrogens with one attached hydrogen (secondary N) is 1. The fraction of sp³-hybridized carbons (Fsp3) is 0.300. The minimum absolute atomic E-state index is 0.891. The van der Waals surface area contributed by atoms with Crippen LogP contribution in [0.3, 0.4) is 0 Å². The molecule has 0 bridgehead atoms. The quantitative estimate of drug-likeness (QED) is 0.533. The van der Waals surface area contributed by atoms with Crippen LogP contribution >= 0.6 is 33.9 Å². The zero-order chi connectivity index (χ0) is 9.80. The minimum atomic E-state index is 0.891. The van der Waals surface area contributed by atoms with Crippen LogP contribution in [0.1, 0.15) is 5.01 Å². The molecule has 2 aromatic rings. The van der Waals surface area contributed by atoms with Crippen molar-refractivity contribution in [2.45, 2.75) is 6.54 Å². The fourth-order valence-corrected chi connectivity index (χ4v) is 2.58. The van der Waals surface area contributed by atoms with E-state index in [1.807, 2.05) is 6.07 Å². The molecule has 4 heteroatoms. The molecule has 0 fully saturated rings. The fourth-order valence-electron chi connectivity index (χ4n) is 1.26. The maximum absolute atomic E-state index is 4.54. The normalized spacial score (nSPS) is 10.9. The molecule has 74 valence electrons. The molecule has 1 aromatic heterocycles. The van der Waals surface area contributed by atoms with Crippen molar-refractivity contribution in [1.82, 2.24) is 10.3 Å². The number of hydrogen-bond acceptors (Lipinski definition) is 3. The van der Waals surface area contributed by atoms with Crippen LogP contribution in [0, 0.1) is 0 Å². The van der Waals surface area contributed by atoms with Gasteiger partial charge < -0.3 is 5.32 Å². The van der Waals surface area contributed by atoms with E-state index in [0.29, 0.717) is 0 Å². The Kier molecular flexibility index (Phi) is 3.72. The molecule has 1 heterocycles. The van der Waals surface area contributed by atoms with Gasteiger partial charge in [0, 0.05) is 17.5 Å². The molecule has 14 heavy (non-hydrogen) atoms. The lowest BCUT2D eigenvalue weighted by molar-refractivity contribution is 0.733. The van der Waals surface area contributed by atoms with Gasteiger partial charge in [0.15, 0.2) is 0 Å². The third kappa shape index (κ3) is 2.43. The van der Waals surface area contributed by atoms with E-state index in [4.69, 9.17) is 0 Å². The lowest BCUT2D eigenvalue weighted by Gasteiger charge is -1.96. The zero-order valence-corrected chi connectivity index (χ0v) is 10.6. The van der Waals surface area contributed by atoms with E-state index in [0.717, 1.165) is 23.0 Å². The summed E-state index contributed by atoms with van der Waals surface area (Å²) in [6.07, 6.45) is 0. The number of nitrogens with zero attached hydrogens (tertiary/aromatic N) is 1. The summed E-state index contributed by atoms with van der Waals surface area (Å²) in [6.45, 7) is 1.94. The number of aromatic nitrogens is 1. The van der Waals surface area contributed by atoms with E-state index in [2.05, 4.69) is 51.1 Å². The molecule has 1 aromatic carbocycles. The Hall–Kier alpha value is -0.200. The van der Waals surface area contributed by atoms with Gasteiger partial charge in [0.1, 0.15) is 5.01 Å². The van der Waals surface area contributed by atoms with Crippen LogP contribution in [-0.4, -0.2) is 16.0 Å². The van der Waals surface area contributed by atoms with E-state index in [1.54, 1.807) is 11.3 Å². The Morgan fingerprint density at radius 1 is 1.36 bits per heavy atom. The van der Waals surface area contributed by atoms with Gasteiger partial charge in [-0.05, 0) is 12.1 Å². The first-order chi connectivity index (χ1) is 6.90. The summed E-state index contributed by atoms with van der Waals surface area (Å²) in [5.74, 6) is 0. The minimum Gasteiger partial charge on any atom is -0.310 e. The summed E-state index contributed by atoms with van der Waals surface area (Å²) in [4.78, 5) is 4.54. The number of fused-ring (bicyclic) bond motifs is 1. The first kappa shape index (κ1) is 10.3. The highest BCUT2D eigenvalue weighted by Crippen LogP contribution is 2.20. The summed E-state index contributed by atoms with van der Waals surface area (Å²) in [6, 6.07) is 8.27. The standard InChI is InChI=1S/C10H11IN2S/c11-5-6-12-7-10-13-8-3-1-2-4-9(8)14-10/h1-4,12H,5-7H2. The third-order valence-corrected chi connectivity index (χ3v) is 3.46. The highest BCUT2D eigenvalue weighted by atomic mass is 127. The summed E-state index contributed by atoms with van der Waals surface area (Å²) in [5, 5.41) is 4.53. The van der Waals surface area contributed by atoms with Gasteiger partial charge >= 0.3 is 0 Å². The molecule has 0 unspecified atom stereocenters. The average Bonchev–Trinajstić information content (AvgIpc) is 2.60. The van der Waals surface area contributed by atoms with E-state index >= 15 is 0 Å². The molecule has 2 rings (SSSR count). The molecule has 0 aliphatic carbocycles. The topological polar surface area (TPSA) is 24.9 Å². The second-order valence-electron chi connectivity index (χ2n) is 2.94. The Bertz CT molecular complexity index is 380. The van der Waals surface area contributed by atoms with E-state index in [-0.39, 0.29) is 0 Å². The van der Waals surface area contributed by atoms with Gasteiger partial charge in [-0.1, -0.05) is 34.7 Å². The van der Waals surface area contributed by atoms with Gasteiger partial charge in [-0.2, -0.15) is 0 Å². The van der Waals surface area contributed by atoms with Crippen molar-refractivity contribution < 1.29 is 0 Å². The lowest BCUT2D eigenvalue weighted by Crippen LogP contribution is -2.15. The molecule has 1 N–H and O–H groups in total. The van der Waals surface area contributed by atoms with Crippen molar-refractivity contribution in [1.29, 1.82) is 0 Å². The van der Waals surface area contributed by atoms with Gasteiger partial charge in [0.2, 0.25) is 0 Å². The van der Waals surface area contributed by atoms with Crippen LogP contribution in [0.2, 0.25) is 0 Å². The first-order valence-electron chi connectivity index (χ1n) is 4.51. The Balaban J connectivity index is 2.11. The van der Waals surface area contributed by atoms with E-state index in [1.165, 1.54) is 9.71 Å². The lowest BCUT2D eigenvalue weighted by atomic mass is 10.3. The van der Waals surface area contributed by atoms with Crippen molar-refractivity contribution >= 4 is 44.1 Å². The highest BCUT2D eigenvalue weighted by Gasteiger charge is 2.01. The number of para-hydroxylation sites is 1. The summed E-state index contributed by atoms with van der Waals surface area (Å²) < 4.78 is 2.42. The number of benzene rings is 1. The molecular weight excluding hydrogens is 307 g/mol. The van der Waals surface area contributed by atoms with Gasteiger partial charge in [0.05, 0.1) is 10.2 Å². The van der Waals surface area contributed by atoms with E-state index in [9.17, 15) is 0 Å². The maximum Gasteiger partial charge on any atom is 0.108 e. The Morgan fingerprint density at radius 3 is 3.00 bits per heavy atom. The number of hydrogen-bond donors (Lipinski definition) is 1. The third-order valence-electron chi connectivity index (χ3n) is 1.89. The Labute approximate surface area is 101 Å². The average molecular weight is 318 g/mol. The van der Waals surface area contributed by atoms with Crippen molar-refractivity contribution in [3.05, 3.63) is 29.3 Å². The second-order valence-corrected chi connectivity index (χ2v) is 5.14. The smallest absolute Gasteiger partial charge is 0.108 e. The number of halogens is 1. The van der Waals surface area contributed by atoms with Crippen LogP contribution in [-0.2, 0) is 6.54 Å². The molecule has 0 spiro atoms. The maximum atomic E-state index is 4.54. The van der Waals surface area contributed by atoms with Crippen molar-refractivity contribution in [3.63, 3.8) is 0 Å². The molecule has 0 aliphatic rings. The van der Waals surface area contributed by atoms with Gasteiger partial charge in [-0.3, -0.25) is 0 Å². The molecule has 2 nitrogen and oxygen atoms in total. The van der Waals surface area contributed by atoms with Crippen LogP contribution in [0.15, 0.2) is 24.3 Å².